The van der Waals surface area contributed by atoms with E-state index in [9.17, 15) is 14.4 Å². The molecule has 0 aromatic heterocycles. The second-order valence-corrected chi connectivity index (χ2v) is 6.30. The molecule has 1 fully saturated rings. The number of nitrogens with one attached hydrogen (secondary N) is 2. The van der Waals surface area contributed by atoms with Crippen LogP contribution in [0, 0.1) is 0 Å². The Hall–Kier alpha value is -2.48. The van der Waals surface area contributed by atoms with Crippen molar-refractivity contribution in [3.8, 4) is 5.75 Å². The first-order valence-corrected chi connectivity index (χ1v) is 8.41. The summed E-state index contributed by atoms with van der Waals surface area (Å²) in [6, 6.07) is 2.19. The number of fused-ring (bicyclic) bond motifs is 1. The maximum Gasteiger partial charge on any atom is 0.322 e. The fourth-order valence-corrected chi connectivity index (χ4v) is 3.22. The van der Waals surface area contributed by atoms with Gasteiger partial charge in [-0.05, 0) is 26.0 Å². The average Bonchev–Trinajstić information content (AvgIpc) is 2.56. The molecule has 1 atom stereocenters. The number of amides is 4. The second-order valence-electron chi connectivity index (χ2n) is 5.89. The fraction of sp³-hybridized carbons (Fsp3) is 0.438. The van der Waals surface area contributed by atoms with E-state index < -0.39 is 12.1 Å². The van der Waals surface area contributed by atoms with Crippen molar-refractivity contribution in [2.75, 3.05) is 36.9 Å². The van der Waals surface area contributed by atoms with Gasteiger partial charge in [-0.2, -0.15) is 0 Å². The van der Waals surface area contributed by atoms with Crippen LogP contribution in [0.15, 0.2) is 12.1 Å². The van der Waals surface area contributed by atoms with E-state index in [0.717, 1.165) is 0 Å². The molecule has 2 heterocycles. The highest BCUT2D eigenvalue weighted by atomic mass is 35.5. The minimum atomic E-state index is -0.537. The van der Waals surface area contributed by atoms with Crippen LogP contribution in [0.25, 0.3) is 0 Å². The van der Waals surface area contributed by atoms with Crippen molar-refractivity contribution < 1.29 is 19.1 Å². The molecule has 1 aromatic rings. The molecular weight excluding hydrogens is 348 g/mol. The summed E-state index contributed by atoms with van der Waals surface area (Å²) in [6.07, 6.45) is 0. The van der Waals surface area contributed by atoms with Crippen molar-refractivity contribution >= 4 is 40.8 Å². The summed E-state index contributed by atoms with van der Waals surface area (Å²) in [4.78, 5) is 39.4. The Kier molecular flexibility index (Phi) is 4.71. The molecule has 0 saturated carbocycles. The quantitative estimate of drug-likeness (QED) is 0.834. The number of likely N-dealkylation sites (N-methyl/N-ethyl adjacent to an activating group) is 1. The predicted molar refractivity (Wildman–Crippen MR) is 93.0 cm³/mol. The standard InChI is InChI=1S/C16H19ClN4O4/c1-3-20-4-5-21(9(2)15(20)23)16(24)18-10-6-11(17)14-12(7-10)19-13(22)8-25-14/h6-7,9H,3-5,8H2,1-2H3,(H,18,24)(H,19,22). The van der Waals surface area contributed by atoms with E-state index in [1.54, 1.807) is 24.0 Å². The molecule has 1 aromatic carbocycles. The first-order valence-electron chi connectivity index (χ1n) is 8.03. The molecule has 3 rings (SSSR count). The van der Waals surface area contributed by atoms with Crippen LogP contribution in [0.4, 0.5) is 16.2 Å². The number of carbonyl (C=O) groups excluding carboxylic acids is 3. The van der Waals surface area contributed by atoms with Crippen LogP contribution in [0.3, 0.4) is 0 Å². The van der Waals surface area contributed by atoms with Crippen LogP contribution in [0.2, 0.25) is 5.02 Å². The van der Waals surface area contributed by atoms with Crippen LogP contribution < -0.4 is 15.4 Å². The number of hydrogen-bond donors (Lipinski definition) is 2. The predicted octanol–water partition coefficient (Wildman–Crippen LogP) is 1.76. The molecule has 0 bridgehead atoms. The van der Waals surface area contributed by atoms with Gasteiger partial charge in [-0.3, -0.25) is 9.59 Å². The van der Waals surface area contributed by atoms with Crippen molar-refractivity contribution in [3.63, 3.8) is 0 Å². The smallest absolute Gasteiger partial charge is 0.322 e. The first-order chi connectivity index (χ1) is 11.9. The van der Waals surface area contributed by atoms with E-state index in [4.69, 9.17) is 16.3 Å². The number of urea groups is 1. The fourth-order valence-electron chi connectivity index (χ4n) is 2.95. The van der Waals surface area contributed by atoms with Gasteiger partial charge in [0.25, 0.3) is 5.91 Å². The lowest BCUT2D eigenvalue weighted by molar-refractivity contribution is -0.138. The highest BCUT2D eigenvalue weighted by Gasteiger charge is 2.33. The Morgan fingerprint density at radius 1 is 1.40 bits per heavy atom. The molecule has 0 radical (unpaired) electrons. The minimum Gasteiger partial charge on any atom is -0.480 e. The molecule has 8 nitrogen and oxygen atoms in total. The van der Waals surface area contributed by atoms with Crippen molar-refractivity contribution in [1.82, 2.24) is 9.80 Å². The molecular formula is C16H19ClN4O4. The third kappa shape index (κ3) is 3.34. The summed E-state index contributed by atoms with van der Waals surface area (Å²) in [7, 11) is 0. The first kappa shape index (κ1) is 17.3. The minimum absolute atomic E-state index is 0.0759. The maximum atomic E-state index is 12.5. The molecule has 0 aliphatic carbocycles. The van der Waals surface area contributed by atoms with Crippen molar-refractivity contribution in [3.05, 3.63) is 17.2 Å². The number of benzene rings is 1. The molecule has 9 heteroatoms. The van der Waals surface area contributed by atoms with Gasteiger partial charge < -0.3 is 25.2 Å². The Labute approximate surface area is 150 Å². The van der Waals surface area contributed by atoms with E-state index in [0.29, 0.717) is 36.8 Å². The lowest BCUT2D eigenvalue weighted by atomic mass is 10.2. The summed E-state index contributed by atoms with van der Waals surface area (Å²) < 4.78 is 5.28. The van der Waals surface area contributed by atoms with Gasteiger partial charge in [-0.25, -0.2) is 4.79 Å². The van der Waals surface area contributed by atoms with Gasteiger partial charge in [-0.1, -0.05) is 11.6 Å². The molecule has 1 unspecified atom stereocenters. The summed E-state index contributed by atoms with van der Waals surface area (Å²) >= 11 is 6.15. The van der Waals surface area contributed by atoms with Crippen molar-refractivity contribution in [2.24, 2.45) is 0 Å². The highest BCUT2D eigenvalue weighted by Crippen LogP contribution is 2.38. The largest absolute Gasteiger partial charge is 0.480 e. The summed E-state index contributed by atoms with van der Waals surface area (Å²) in [6.45, 7) is 5.09. The number of nitrogens with zero attached hydrogens (tertiary/aromatic N) is 2. The van der Waals surface area contributed by atoms with Gasteiger partial charge in [-0.15, -0.1) is 0 Å². The normalized spacial score (nSPS) is 19.9. The number of rotatable bonds is 2. The molecule has 1 saturated heterocycles. The molecule has 2 N–H and O–H groups in total. The van der Waals surface area contributed by atoms with Crippen molar-refractivity contribution in [1.29, 1.82) is 0 Å². The molecule has 2 aliphatic heterocycles. The third-order valence-electron chi connectivity index (χ3n) is 4.31. The molecule has 0 spiro atoms. The summed E-state index contributed by atoms with van der Waals surface area (Å²) in [5.74, 6) is 0.00866. The van der Waals surface area contributed by atoms with E-state index in [2.05, 4.69) is 10.6 Å². The van der Waals surface area contributed by atoms with E-state index >= 15 is 0 Å². The van der Waals surface area contributed by atoms with Gasteiger partial charge in [0, 0.05) is 25.3 Å². The number of anilines is 2. The Morgan fingerprint density at radius 3 is 2.88 bits per heavy atom. The third-order valence-corrected chi connectivity index (χ3v) is 4.59. The number of carbonyl (C=O) groups is 3. The number of halogens is 1. The van der Waals surface area contributed by atoms with E-state index in [1.165, 1.54) is 4.90 Å². The van der Waals surface area contributed by atoms with Gasteiger partial charge >= 0.3 is 6.03 Å². The zero-order valence-electron chi connectivity index (χ0n) is 14.0. The van der Waals surface area contributed by atoms with Crippen molar-refractivity contribution in [2.45, 2.75) is 19.9 Å². The molecule has 134 valence electrons. The lowest BCUT2D eigenvalue weighted by Crippen LogP contribution is -2.58. The average molecular weight is 367 g/mol. The summed E-state index contributed by atoms with van der Waals surface area (Å²) in [5, 5.41) is 5.66. The van der Waals surface area contributed by atoms with Gasteiger partial charge in [0.1, 0.15) is 6.04 Å². The van der Waals surface area contributed by atoms with Crippen LogP contribution >= 0.6 is 11.6 Å². The number of piperazine rings is 1. The molecule has 2 aliphatic rings. The van der Waals surface area contributed by atoms with Gasteiger partial charge in [0.05, 0.1) is 10.7 Å². The van der Waals surface area contributed by atoms with Crippen LogP contribution in [-0.2, 0) is 9.59 Å². The van der Waals surface area contributed by atoms with Crippen LogP contribution in [-0.4, -0.2) is 59.9 Å². The second kappa shape index (κ2) is 6.79. The molecule has 4 amide bonds. The highest BCUT2D eigenvalue weighted by molar-refractivity contribution is 6.33. The SMILES string of the molecule is CCN1CCN(C(=O)Nc2cc(Cl)c3c(c2)NC(=O)CO3)C(C)C1=O. The Balaban J connectivity index is 1.75. The van der Waals surface area contributed by atoms with E-state index in [-0.39, 0.29) is 23.4 Å². The Bertz CT molecular complexity index is 739. The van der Waals surface area contributed by atoms with Gasteiger partial charge in [0.2, 0.25) is 5.91 Å². The zero-order valence-corrected chi connectivity index (χ0v) is 14.7. The van der Waals surface area contributed by atoms with Crippen LogP contribution in [0.1, 0.15) is 13.8 Å². The van der Waals surface area contributed by atoms with Gasteiger partial charge in [0.15, 0.2) is 12.4 Å². The maximum absolute atomic E-state index is 12.5. The monoisotopic (exact) mass is 366 g/mol. The van der Waals surface area contributed by atoms with E-state index in [1.807, 2.05) is 6.92 Å². The lowest BCUT2D eigenvalue weighted by Gasteiger charge is -2.38. The van der Waals surface area contributed by atoms with Crippen LogP contribution in [0.5, 0.6) is 5.75 Å². The Morgan fingerprint density at radius 2 is 2.16 bits per heavy atom. The zero-order chi connectivity index (χ0) is 18.1. The summed E-state index contributed by atoms with van der Waals surface area (Å²) in [5.41, 5.74) is 0.816. The molecule has 25 heavy (non-hydrogen) atoms. The number of ether oxygens (including phenoxy) is 1. The number of hydrogen-bond acceptors (Lipinski definition) is 4. The topological polar surface area (TPSA) is 91.0 Å².